The van der Waals surface area contributed by atoms with Gasteiger partial charge in [0, 0.05) is 51.6 Å². The summed E-state index contributed by atoms with van der Waals surface area (Å²) >= 11 is 0. The van der Waals surface area contributed by atoms with Crippen LogP contribution < -0.4 is 5.32 Å². The van der Waals surface area contributed by atoms with E-state index in [1.807, 2.05) is 4.90 Å². The van der Waals surface area contributed by atoms with Crippen LogP contribution in [0.15, 0.2) is 10.6 Å². The third-order valence-corrected chi connectivity index (χ3v) is 4.02. The number of nitrogens with one attached hydrogen (secondary N) is 1. The summed E-state index contributed by atoms with van der Waals surface area (Å²) in [6.07, 6.45) is 3.07. The number of rotatable bonds is 7. The van der Waals surface area contributed by atoms with Gasteiger partial charge in [-0.05, 0) is 13.3 Å². The molecule has 1 aliphatic heterocycles. The molecule has 128 valence electrons. The van der Waals surface area contributed by atoms with Gasteiger partial charge in [-0.3, -0.25) is 14.5 Å². The zero-order chi connectivity index (χ0) is 16.7. The first-order valence-corrected chi connectivity index (χ1v) is 8.31. The molecule has 7 heteroatoms. The number of aryl methyl sites for hydroxylation is 1. The Morgan fingerprint density at radius 2 is 2.00 bits per heavy atom. The lowest BCUT2D eigenvalue weighted by Crippen LogP contribution is -2.49. The SMILES string of the molecule is CCCCC(=O)N1CCN(CCC(=O)Nc2cc(C)on2)CC1. The topological polar surface area (TPSA) is 78.7 Å². The Morgan fingerprint density at radius 1 is 1.26 bits per heavy atom. The lowest BCUT2D eigenvalue weighted by Gasteiger charge is -2.34. The number of unbranched alkanes of at least 4 members (excludes halogenated alkanes) is 1. The first-order valence-electron chi connectivity index (χ1n) is 8.31. The molecule has 1 saturated heterocycles. The van der Waals surface area contributed by atoms with E-state index in [4.69, 9.17) is 4.52 Å². The van der Waals surface area contributed by atoms with Crippen LogP contribution >= 0.6 is 0 Å². The smallest absolute Gasteiger partial charge is 0.226 e. The minimum absolute atomic E-state index is 0.0697. The predicted octanol–water partition coefficient (Wildman–Crippen LogP) is 1.65. The molecular formula is C16H26N4O3. The molecule has 0 bridgehead atoms. The number of hydrogen-bond donors (Lipinski definition) is 1. The second-order valence-corrected chi connectivity index (χ2v) is 5.95. The molecule has 7 nitrogen and oxygen atoms in total. The van der Waals surface area contributed by atoms with Crippen LogP contribution in [0.3, 0.4) is 0 Å². The van der Waals surface area contributed by atoms with Gasteiger partial charge in [-0.25, -0.2) is 0 Å². The molecule has 2 heterocycles. The maximum Gasteiger partial charge on any atom is 0.226 e. The van der Waals surface area contributed by atoms with E-state index in [0.29, 0.717) is 31.0 Å². The molecule has 0 aromatic carbocycles. The first-order chi connectivity index (χ1) is 11.1. The van der Waals surface area contributed by atoms with E-state index < -0.39 is 0 Å². The number of carbonyl (C=O) groups excluding carboxylic acids is 2. The molecule has 1 aromatic rings. The quantitative estimate of drug-likeness (QED) is 0.826. The molecule has 1 aliphatic rings. The predicted molar refractivity (Wildman–Crippen MR) is 87.0 cm³/mol. The van der Waals surface area contributed by atoms with Crippen molar-refractivity contribution in [3.63, 3.8) is 0 Å². The van der Waals surface area contributed by atoms with Crippen molar-refractivity contribution >= 4 is 17.6 Å². The van der Waals surface area contributed by atoms with Gasteiger partial charge in [-0.15, -0.1) is 0 Å². The van der Waals surface area contributed by atoms with Crippen LogP contribution in [0.25, 0.3) is 0 Å². The normalized spacial score (nSPS) is 15.7. The molecule has 0 saturated carbocycles. The van der Waals surface area contributed by atoms with Crippen molar-refractivity contribution in [3.8, 4) is 0 Å². The van der Waals surface area contributed by atoms with Gasteiger partial charge in [0.2, 0.25) is 11.8 Å². The van der Waals surface area contributed by atoms with Crippen LogP contribution in [-0.2, 0) is 9.59 Å². The van der Waals surface area contributed by atoms with E-state index in [1.165, 1.54) is 0 Å². The van der Waals surface area contributed by atoms with Crippen LogP contribution in [0, 0.1) is 6.92 Å². The van der Waals surface area contributed by atoms with Crippen molar-refractivity contribution in [2.24, 2.45) is 0 Å². The summed E-state index contributed by atoms with van der Waals surface area (Å²) in [4.78, 5) is 28.0. The second-order valence-electron chi connectivity index (χ2n) is 5.95. The number of hydrogen-bond acceptors (Lipinski definition) is 5. The van der Waals surface area contributed by atoms with E-state index in [-0.39, 0.29) is 11.8 Å². The highest BCUT2D eigenvalue weighted by Crippen LogP contribution is 2.09. The van der Waals surface area contributed by atoms with Crippen molar-refractivity contribution in [2.75, 3.05) is 38.0 Å². The van der Waals surface area contributed by atoms with Gasteiger partial charge >= 0.3 is 0 Å². The van der Waals surface area contributed by atoms with Crippen molar-refractivity contribution in [1.82, 2.24) is 15.0 Å². The Morgan fingerprint density at radius 3 is 2.61 bits per heavy atom. The van der Waals surface area contributed by atoms with E-state index in [9.17, 15) is 9.59 Å². The minimum Gasteiger partial charge on any atom is -0.360 e. The van der Waals surface area contributed by atoms with E-state index in [0.717, 1.165) is 39.0 Å². The van der Waals surface area contributed by atoms with Crippen molar-refractivity contribution < 1.29 is 14.1 Å². The molecule has 1 aromatic heterocycles. The van der Waals surface area contributed by atoms with Crippen molar-refractivity contribution in [2.45, 2.75) is 39.5 Å². The average molecular weight is 322 g/mol. The fourth-order valence-corrected chi connectivity index (χ4v) is 2.60. The molecule has 2 amide bonds. The van der Waals surface area contributed by atoms with Gasteiger partial charge in [0.1, 0.15) is 5.76 Å². The summed E-state index contributed by atoms with van der Waals surface area (Å²) in [5.74, 6) is 1.31. The number of nitrogens with zero attached hydrogens (tertiary/aromatic N) is 3. The molecule has 23 heavy (non-hydrogen) atoms. The summed E-state index contributed by atoms with van der Waals surface area (Å²) in [6, 6.07) is 1.69. The van der Waals surface area contributed by atoms with E-state index >= 15 is 0 Å². The lowest BCUT2D eigenvalue weighted by atomic mass is 10.2. The summed E-state index contributed by atoms with van der Waals surface area (Å²) in [5, 5.41) is 6.46. The van der Waals surface area contributed by atoms with Gasteiger partial charge < -0.3 is 14.7 Å². The Kier molecular flexibility index (Phi) is 6.58. The molecule has 2 rings (SSSR count). The zero-order valence-corrected chi connectivity index (χ0v) is 14.0. The Bertz CT molecular complexity index is 521. The third-order valence-electron chi connectivity index (χ3n) is 4.02. The zero-order valence-electron chi connectivity index (χ0n) is 14.0. The van der Waals surface area contributed by atoms with Gasteiger partial charge in [0.05, 0.1) is 0 Å². The van der Waals surface area contributed by atoms with Gasteiger partial charge in [-0.1, -0.05) is 18.5 Å². The maximum absolute atomic E-state index is 12.0. The molecule has 0 atom stereocenters. The highest BCUT2D eigenvalue weighted by molar-refractivity contribution is 5.89. The van der Waals surface area contributed by atoms with Crippen LogP contribution in [0.1, 0.15) is 38.4 Å². The monoisotopic (exact) mass is 322 g/mol. The summed E-state index contributed by atoms with van der Waals surface area (Å²) in [5.41, 5.74) is 0. The lowest BCUT2D eigenvalue weighted by molar-refractivity contribution is -0.133. The molecular weight excluding hydrogens is 296 g/mol. The van der Waals surface area contributed by atoms with Crippen molar-refractivity contribution in [1.29, 1.82) is 0 Å². The standard InChI is InChI=1S/C16H26N4O3/c1-3-4-5-16(22)20-10-8-19(9-11-20)7-6-15(21)17-14-12-13(2)23-18-14/h12H,3-11H2,1-2H3,(H,17,18,21). The van der Waals surface area contributed by atoms with Crippen LogP contribution in [0.4, 0.5) is 5.82 Å². The molecule has 0 spiro atoms. The number of aromatic nitrogens is 1. The maximum atomic E-state index is 12.0. The Hall–Kier alpha value is -1.89. The van der Waals surface area contributed by atoms with Crippen molar-refractivity contribution in [3.05, 3.63) is 11.8 Å². The summed E-state index contributed by atoms with van der Waals surface area (Å²) in [6.45, 7) is 7.74. The van der Waals surface area contributed by atoms with E-state index in [1.54, 1.807) is 13.0 Å². The van der Waals surface area contributed by atoms with Crippen LogP contribution in [0.5, 0.6) is 0 Å². The summed E-state index contributed by atoms with van der Waals surface area (Å²) < 4.78 is 4.91. The van der Waals surface area contributed by atoms with Crippen LogP contribution in [0.2, 0.25) is 0 Å². The fourth-order valence-electron chi connectivity index (χ4n) is 2.60. The number of anilines is 1. The van der Waals surface area contributed by atoms with Crippen LogP contribution in [-0.4, -0.2) is 59.5 Å². The van der Waals surface area contributed by atoms with Gasteiger partial charge in [-0.2, -0.15) is 0 Å². The third kappa shape index (κ3) is 5.67. The molecule has 0 radical (unpaired) electrons. The molecule has 1 N–H and O–H groups in total. The average Bonchev–Trinajstić information content (AvgIpc) is 2.96. The van der Waals surface area contributed by atoms with Gasteiger partial charge in [0.25, 0.3) is 0 Å². The molecule has 0 unspecified atom stereocenters. The highest BCUT2D eigenvalue weighted by atomic mass is 16.5. The van der Waals surface area contributed by atoms with Gasteiger partial charge in [0.15, 0.2) is 5.82 Å². The number of piperazine rings is 1. The highest BCUT2D eigenvalue weighted by Gasteiger charge is 2.20. The molecule has 0 aliphatic carbocycles. The second kappa shape index (κ2) is 8.67. The molecule has 1 fully saturated rings. The van der Waals surface area contributed by atoms with E-state index in [2.05, 4.69) is 22.3 Å². The first kappa shape index (κ1) is 17.5. The minimum atomic E-state index is -0.0697. The number of carbonyl (C=O) groups is 2. The largest absolute Gasteiger partial charge is 0.360 e. The Labute approximate surface area is 137 Å². The fraction of sp³-hybridized carbons (Fsp3) is 0.688. The Balaban J connectivity index is 1.64. The number of amides is 2. The summed E-state index contributed by atoms with van der Waals surface area (Å²) in [7, 11) is 0.